The van der Waals surface area contributed by atoms with E-state index >= 15 is 0 Å². The Balaban J connectivity index is 1.47. The van der Waals surface area contributed by atoms with Gasteiger partial charge in [0, 0.05) is 37.8 Å². The molecule has 0 aliphatic carbocycles. The molecule has 8 nitrogen and oxygen atoms in total. The third-order valence-electron chi connectivity index (χ3n) is 6.05. The average molecular weight is 471 g/mol. The minimum Gasteiger partial charge on any atom is -0.354 e. The maximum absolute atomic E-state index is 13.4. The van der Waals surface area contributed by atoms with Crippen molar-refractivity contribution in [3.05, 3.63) is 78.6 Å². The summed E-state index contributed by atoms with van der Waals surface area (Å²) in [6, 6.07) is 16.6. The molecule has 1 aliphatic rings. The second kappa shape index (κ2) is 10.5. The maximum atomic E-state index is 13.4. The molecule has 0 amide bonds. The average Bonchev–Trinajstić information content (AvgIpc) is 2.91. The lowest BCUT2D eigenvalue weighted by molar-refractivity contribution is 0.429. The SMILES string of the molecule is C=CCNC1CCN(c2nc(NCc3ccccc3)nc3nnc(-c4ccc(F)cc4)nc23)CC1. The molecule has 2 aromatic heterocycles. The maximum Gasteiger partial charge on any atom is 0.227 e. The molecule has 1 aliphatic heterocycles. The highest BCUT2D eigenvalue weighted by molar-refractivity contribution is 5.85. The van der Waals surface area contributed by atoms with Crippen LogP contribution in [0.4, 0.5) is 16.2 Å². The first-order chi connectivity index (χ1) is 17.2. The number of nitrogens with one attached hydrogen (secondary N) is 2. The van der Waals surface area contributed by atoms with Crippen LogP contribution in [0.5, 0.6) is 0 Å². The van der Waals surface area contributed by atoms with Gasteiger partial charge in [-0.25, -0.2) is 9.37 Å². The van der Waals surface area contributed by atoms with Crippen LogP contribution in [0.2, 0.25) is 0 Å². The largest absolute Gasteiger partial charge is 0.354 e. The molecule has 178 valence electrons. The van der Waals surface area contributed by atoms with E-state index in [2.05, 4.69) is 37.3 Å². The Morgan fingerprint density at radius 2 is 1.74 bits per heavy atom. The lowest BCUT2D eigenvalue weighted by atomic mass is 10.0. The van der Waals surface area contributed by atoms with E-state index in [1.807, 2.05) is 36.4 Å². The standard InChI is InChI=1S/C26H27FN8/c1-2-14-28-21-12-15-35(16-13-21)25-22-24(31-26(32-25)29-17-18-6-4-3-5-7-18)34-33-23(30-22)19-8-10-20(27)11-9-19/h2-11,21,28H,1,12-17H2,(H,29,31,32,34). The van der Waals surface area contributed by atoms with Crippen LogP contribution in [0, 0.1) is 5.82 Å². The second-order valence-electron chi connectivity index (χ2n) is 8.48. The van der Waals surface area contributed by atoms with Crippen molar-refractivity contribution in [3.8, 4) is 11.4 Å². The van der Waals surface area contributed by atoms with Gasteiger partial charge >= 0.3 is 0 Å². The van der Waals surface area contributed by atoms with Crippen LogP contribution >= 0.6 is 0 Å². The zero-order chi connectivity index (χ0) is 24.0. The third-order valence-corrected chi connectivity index (χ3v) is 6.05. The van der Waals surface area contributed by atoms with Crippen LogP contribution in [-0.4, -0.2) is 50.8 Å². The summed E-state index contributed by atoms with van der Waals surface area (Å²) in [6.45, 7) is 6.84. The van der Waals surface area contributed by atoms with Gasteiger partial charge in [0.2, 0.25) is 11.6 Å². The number of hydrogen-bond acceptors (Lipinski definition) is 8. The van der Waals surface area contributed by atoms with Gasteiger partial charge in [-0.15, -0.1) is 16.8 Å². The molecule has 2 aromatic carbocycles. The molecule has 0 radical (unpaired) electrons. The van der Waals surface area contributed by atoms with Crippen molar-refractivity contribution in [1.82, 2.24) is 30.5 Å². The van der Waals surface area contributed by atoms with E-state index in [1.165, 1.54) is 12.1 Å². The molecule has 0 spiro atoms. The van der Waals surface area contributed by atoms with Crippen LogP contribution in [0.1, 0.15) is 18.4 Å². The summed E-state index contributed by atoms with van der Waals surface area (Å²) in [7, 11) is 0. The molecule has 9 heteroatoms. The van der Waals surface area contributed by atoms with Crippen LogP contribution in [0.15, 0.2) is 67.3 Å². The number of aromatic nitrogens is 5. The summed E-state index contributed by atoms with van der Waals surface area (Å²) in [4.78, 5) is 16.4. The minimum absolute atomic E-state index is 0.311. The van der Waals surface area contributed by atoms with Gasteiger partial charge in [-0.2, -0.15) is 9.97 Å². The Bertz CT molecular complexity index is 1290. The Morgan fingerprint density at radius 1 is 0.971 bits per heavy atom. The Labute approximate surface area is 203 Å². The number of hydrogen-bond donors (Lipinski definition) is 2. The smallest absolute Gasteiger partial charge is 0.227 e. The van der Waals surface area contributed by atoms with E-state index in [9.17, 15) is 4.39 Å². The topological polar surface area (TPSA) is 91.8 Å². The minimum atomic E-state index is -0.311. The lowest BCUT2D eigenvalue weighted by Gasteiger charge is -2.33. The summed E-state index contributed by atoms with van der Waals surface area (Å²) in [5.74, 6) is 1.31. The Kier molecular flexibility index (Phi) is 6.85. The van der Waals surface area contributed by atoms with Gasteiger partial charge in [0.05, 0.1) is 0 Å². The number of halogens is 1. The highest BCUT2D eigenvalue weighted by atomic mass is 19.1. The first-order valence-corrected chi connectivity index (χ1v) is 11.7. The van der Waals surface area contributed by atoms with Crippen molar-refractivity contribution in [2.24, 2.45) is 0 Å². The van der Waals surface area contributed by atoms with Crippen LogP contribution < -0.4 is 15.5 Å². The predicted octanol–water partition coefficient (Wildman–Crippen LogP) is 3.98. The normalized spacial score (nSPS) is 14.3. The van der Waals surface area contributed by atoms with Crippen molar-refractivity contribution < 1.29 is 4.39 Å². The van der Waals surface area contributed by atoms with Gasteiger partial charge in [0.15, 0.2) is 17.2 Å². The van der Waals surface area contributed by atoms with E-state index in [0.29, 0.717) is 41.1 Å². The summed E-state index contributed by atoms with van der Waals surface area (Å²) < 4.78 is 13.4. The number of fused-ring (bicyclic) bond motifs is 1. The van der Waals surface area contributed by atoms with Crippen LogP contribution in [0.3, 0.4) is 0 Å². The van der Waals surface area contributed by atoms with Crippen molar-refractivity contribution in [1.29, 1.82) is 0 Å². The Morgan fingerprint density at radius 3 is 2.49 bits per heavy atom. The molecule has 5 rings (SSSR count). The Hall–Kier alpha value is -3.98. The fourth-order valence-electron chi connectivity index (χ4n) is 4.17. The molecule has 35 heavy (non-hydrogen) atoms. The number of rotatable bonds is 8. The summed E-state index contributed by atoms with van der Waals surface area (Å²) in [5, 5.41) is 15.4. The summed E-state index contributed by atoms with van der Waals surface area (Å²) >= 11 is 0. The lowest BCUT2D eigenvalue weighted by Crippen LogP contribution is -2.43. The van der Waals surface area contributed by atoms with E-state index < -0.39 is 0 Å². The molecule has 2 N–H and O–H groups in total. The molecule has 1 fully saturated rings. The van der Waals surface area contributed by atoms with Crippen molar-refractivity contribution in [2.75, 3.05) is 29.9 Å². The fourth-order valence-corrected chi connectivity index (χ4v) is 4.17. The zero-order valence-corrected chi connectivity index (χ0v) is 19.4. The molecule has 0 atom stereocenters. The number of anilines is 2. The first kappa shape index (κ1) is 22.8. The predicted molar refractivity (Wildman–Crippen MR) is 136 cm³/mol. The summed E-state index contributed by atoms with van der Waals surface area (Å²) in [6.07, 6.45) is 3.85. The first-order valence-electron chi connectivity index (χ1n) is 11.7. The quantitative estimate of drug-likeness (QED) is 0.374. The van der Waals surface area contributed by atoms with Crippen LogP contribution in [-0.2, 0) is 6.54 Å². The van der Waals surface area contributed by atoms with Crippen molar-refractivity contribution >= 4 is 22.9 Å². The number of piperidine rings is 1. The van der Waals surface area contributed by atoms with Gasteiger partial charge in [-0.1, -0.05) is 36.4 Å². The molecule has 4 aromatic rings. The second-order valence-corrected chi connectivity index (χ2v) is 8.48. The molecule has 3 heterocycles. The van der Waals surface area contributed by atoms with E-state index in [0.717, 1.165) is 43.9 Å². The molecule has 0 saturated carbocycles. The molecular formula is C26H27FN8. The highest BCUT2D eigenvalue weighted by Gasteiger charge is 2.24. The zero-order valence-electron chi connectivity index (χ0n) is 19.4. The van der Waals surface area contributed by atoms with E-state index in [4.69, 9.17) is 9.97 Å². The molecule has 1 saturated heterocycles. The fraction of sp³-hybridized carbons (Fsp3) is 0.269. The monoisotopic (exact) mass is 470 g/mol. The molecular weight excluding hydrogens is 443 g/mol. The van der Waals surface area contributed by atoms with Crippen LogP contribution in [0.25, 0.3) is 22.6 Å². The molecule has 0 bridgehead atoms. The van der Waals surface area contributed by atoms with E-state index in [-0.39, 0.29) is 5.82 Å². The van der Waals surface area contributed by atoms with Gasteiger partial charge in [-0.05, 0) is 42.7 Å². The van der Waals surface area contributed by atoms with Gasteiger partial charge in [0.25, 0.3) is 0 Å². The third kappa shape index (κ3) is 5.41. The van der Waals surface area contributed by atoms with Crippen molar-refractivity contribution in [2.45, 2.75) is 25.4 Å². The van der Waals surface area contributed by atoms with Gasteiger partial charge in [-0.3, -0.25) is 0 Å². The number of benzene rings is 2. The molecule has 0 unspecified atom stereocenters. The van der Waals surface area contributed by atoms with Gasteiger partial charge < -0.3 is 15.5 Å². The summed E-state index contributed by atoms with van der Waals surface area (Å²) in [5.41, 5.74) is 2.82. The highest BCUT2D eigenvalue weighted by Crippen LogP contribution is 2.27. The van der Waals surface area contributed by atoms with Crippen molar-refractivity contribution in [3.63, 3.8) is 0 Å². The van der Waals surface area contributed by atoms with E-state index in [1.54, 1.807) is 12.1 Å². The number of nitrogens with zero attached hydrogens (tertiary/aromatic N) is 6. The van der Waals surface area contributed by atoms with Gasteiger partial charge in [0.1, 0.15) is 5.82 Å².